The fraction of sp³-hybridized carbons (Fsp3) is 0.217. The number of hydrogen-bond acceptors (Lipinski definition) is 4. The summed E-state index contributed by atoms with van der Waals surface area (Å²) in [5, 5.41) is 12.8. The first-order chi connectivity index (χ1) is 14.6. The summed E-state index contributed by atoms with van der Waals surface area (Å²) in [6.45, 7) is 4.45. The Balaban J connectivity index is 1.52. The van der Waals surface area contributed by atoms with Crippen LogP contribution in [0.15, 0.2) is 60.9 Å². The Morgan fingerprint density at radius 2 is 1.83 bits per heavy atom. The van der Waals surface area contributed by atoms with Crippen LogP contribution in [-0.4, -0.2) is 48.4 Å². The summed E-state index contributed by atoms with van der Waals surface area (Å²) < 4.78 is 1.81. The van der Waals surface area contributed by atoms with Crippen molar-refractivity contribution in [1.82, 2.24) is 10.1 Å². The van der Waals surface area contributed by atoms with Gasteiger partial charge in [0, 0.05) is 11.9 Å². The lowest BCUT2D eigenvalue weighted by molar-refractivity contribution is -0.880. The SMILES string of the molecule is C[NH+]1CCN(c2cccc(-c3c[nH][n+]4c(N)c(-c5ccc(O)cc5)cnc34)c2)CC1. The Morgan fingerprint density at radius 3 is 2.60 bits per heavy atom. The van der Waals surface area contributed by atoms with Crippen molar-refractivity contribution in [1.29, 1.82) is 0 Å². The van der Waals surface area contributed by atoms with Crippen LogP contribution in [0, 0.1) is 0 Å². The molecule has 0 saturated carbocycles. The van der Waals surface area contributed by atoms with Gasteiger partial charge in [0.25, 0.3) is 11.5 Å². The number of nitrogens with two attached hydrogens (primary N) is 1. The highest BCUT2D eigenvalue weighted by Crippen LogP contribution is 2.29. The lowest BCUT2D eigenvalue weighted by Gasteiger charge is -2.31. The first-order valence-corrected chi connectivity index (χ1v) is 10.2. The van der Waals surface area contributed by atoms with Crippen LogP contribution in [0.3, 0.4) is 0 Å². The zero-order valence-electron chi connectivity index (χ0n) is 17.0. The fourth-order valence-corrected chi connectivity index (χ4v) is 4.09. The predicted octanol–water partition coefficient (Wildman–Crippen LogP) is 1.10. The molecule has 1 saturated heterocycles. The number of hydrogen-bond donors (Lipinski definition) is 4. The number of aromatic hydroxyl groups is 1. The number of H-pyrrole nitrogens is 1. The zero-order valence-corrected chi connectivity index (χ0v) is 17.0. The van der Waals surface area contributed by atoms with Gasteiger partial charge in [0.15, 0.2) is 0 Å². The van der Waals surface area contributed by atoms with Crippen LogP contribution in [0.2, 0.25) is 0 Å². The van der Waals surface area contributed by atoms with E-state index in [1.165, 1.54) is 5.69 Å². The number of phenolic OH excluding ortho intramolecular Hbond substituents is 1. The predicted molar refractivity (Wildman–Crippen MR) is 118 cm³/mol. The van der Waals surface area contributed by atoms with E-state index in [-0.39, 0.29) is 5.75 Å². The van der Waals surface area contributed by atoms with Gasteiger partial charge in [-0.15, -0.1) is 9.50 Å². The molecule has 0 amide bonds. The molecule has 0 aliphatic carbocycles. The van der Waals surface area contributed by atoms with Crippen molar-refractivity contribution in [3.05, 3.63) is 60.9 Å². The van der Waals surface area contributed by atoms with E-state index < -0.39 is 0 Å². The standard InChI is InChI=1S/C23H24N6O/c1-27-9-11-28(12-10-27)18-4-2-3-17(13-18)21-15-26-29-22(24)20(14-25-23(21)29)16-5-7-19(30)8-6-16/h2-8,13-15H,9-12H2,1H3,(H3,24,25,26,30)/p+2. The van der Waals surface area contributed by atoms with Crippen molar-refractivity contribution in [3.8, 4) is 28.0 Å². The Labute approximate surface area is 175 Å². The number of quaternary nitrogens is 1. The highest BCUT2D eigenvalue weighted by Gasteiger charge is 2.21. The second kappa shape index (κ2) is 7.35. The molecule has 4 aromatic rings. The molecule has 0 unspecified atom stereocenters. The van der Waals surface area contributed by atoms with Crippen LogP contribution in [-0.2, 0) is 0 Å². The largest absolute Gasteiger partial charge is 0.508 e. The number of nitrogens with zero attached hydrogens (tertiary/aromatic N) is 3. The molecule has 2 aromatic heterocycles. The van der Waals surface area contributed by atoms with Gasteiger partial charge in [-0.1, -0.05) is 24.3 Å². The van der Waals surface area contributed by atoms with Gasteiger partial charge < -0.3 is 20.6 Å². The third kappa shape index (κ3) is 3.23. The van der Waals surface area contributed by atoms with E-state index in [2.05, 4.69) is 41.3 Å². The highest BCUT2D eigenvalue weighted by atomic mass is 16.3. The molecule has 152 valence electrons. The van der Waals surface area contributed by atoms with E-state index >= 15 is 0 Å². The molecule has 0 bridgehead atoms. The lowest BCUT2D eigenvalue weighted by atomic mass is 10.1. The maximum Gasteiger partial charge on any atom is 0.294 e. The molecule has 2 aromatic carbocycles. The van der Waals surface area contributed by atoms with Gasteiger partial charge in [-0.3, -0.25) is 5.10 Å². The van der Waals surface area contributed by atoms with E-state index in [4.69, 9.17) is 10.7 Å². The van der Waals surface area contributed by atoms with Gasteiger partial charge in [0.05, 0.1) is 44.4 Å². The molecule has 3 heterocycles. The smallest absolute Gasteiger partial charge is 0.294 e. The van der Waals surface area contributed by atoms with Gasteiger partial charge in [-0.05, 0) is 35.4 Å². The third-order valence-electron chi connectivity index (χ3n) is 5.94. The minimum Gasteiger partial charge on any atom is -0.508 e. The second-order valence-electron chi connectivity index (χ2n) is 7.94. The first-order valence-electron chi connectivity index (χ1n) is 10.2. The molecule has 5 rings (SSSR count). The molecule has 0 spiro atoms. The highest BCUT2D eigenvalue weighted by molar-refractivity contribution is 5.79. The molecule has 1 fully saturated rings. The maximum absolute atomic E-state index is 9.54. The average Bonchev–Trinajstić information content (AvgIpc) is 3.21. The van der Waals surface area contributed by atoms with Gasteiger partial charge in [0.1, 0.15) is 11.9 Å². The van der Waals surface area contributed by atoms with Gasteiger partial charge >= 0.3 is 0 Å². The van der Waals surface area contributed by atoms with E-state index in [0.29, 0.717) is 5.82 Å². The summed E-state index contributed by atoms with van der Waals surface area (Å²) in [5.74, 6) is 0.804. The summed E-state index contributed by atoms with van der Waals surface area (Å²) in [7, 11) is 2.25. The summed E-state index contributed by atoms with van der Waals surface area (Å²) in [6.07, 6.45) is 3.74. The number of nitrogen functional groups attached to an aromatic ring is 1. The number of anilines is 2. The summed E-state index contributed by atoms with van der Waals surface area (Å²) in [5.41, 5.74) is 12.3. The van der Waals surface area contributed by atoms with E-state index in [9.17, 15) is 5.11 Å². The molecule has 5 N–H and O–H groups in total. The molecule has 1 aliphatic rings. The third-order valence-corrected chi connectivity index (χ3v) is 5.94. The summed E-state index contributed by atoms with van der Waals surface area (Å²) in [6, 6.07) is 15.6. The van der Waals surface area contributed by atoms with Crippen molar-refractivity contribution < 1.29 is 14.5 Å². The number of aromatic nitrogens is 3. The second-order valence-corrected chi connectivity index (χ2v) is 7.94. The minimum absolute atomic E-state index is 0.225. The van der Waals surface area contributed by atoms with Crippen LogP contribution in [0.25, 0.3) is 27.9 Å². The Kier molecular flexibility index (Phi) is 4.52. The van der Waals surface area contributed by atoms with Crippen molar-refractivity contribution in [3.63, 3.8) is 0 Å². The molecule has 0 radical (unpaired) electrons. The van der Waals surface area contributed by atoms with Crippen molar-refractivity contribution in [2.24, 2.45) is 0 Å². The van der Waals surface area contributed by atoms with Crippen LogP contribution in [0.5, 0.6) is 5.75 Å². The molecule has 1 aliphatic heterocycles. The monoisotopic (exact) mass is 402 g/mol. The Hall–Kier alpha value is -3.58. The average molecular weight is 403 g/mol. The molecule has 7 nitrogen and oxygen atoms in total. The van der Waals surface area contributed by atoms with Crippen molar-refractivity contribution >= 4 is 17.2 Å². The number of piperazine rings is 1. The normalized spacial score (nSPS) is 15.0. The van der Waals surface area contributed by atoms with Crippen molar-refractivity contribution in [2.75, 3.05) is 43.9 Å². The molecular formula is C23H26N6O+2. The van der Waals surface area contributed by atoms with Crippen LogP contribution >= 0.6 is 0 Å². The van der Waals surface area contributed by atoms with Gasteiger partial charge in [-0.25, -0.2) is 0 Å². The summed E-state index contributed by atoms with van der Waals surface area (Å²) >= 11 is 0. The number of fused-ring (bicyclic) bond motifs is 1. The van der Waals surface area contributed by atoms with Crippen LogP contribution in [0.4, 0.5) is 11.5 Å². The Bertz CT molecular complexity index is 1190. The Morgan fingerprint density at radius 1 is 1.07 bits per heavy atom. The molecule has 0 atom stereocenters. The number of nitrogens with one attached hydrogen (secondary N) is 2. The number of likely N-dealkylation sites (N-methyl/N-ethyl adjacent to an activating group) is 1. The number of phenols is 1. The van der Waals surface area contributed by atoms with Crippen molar-refractivity contribution in [2.45, 2.75) is 0 Å². The molecule has 7 heteroatoms. The van der Waals surface area contributed by atoms with Gasteiger partial charge in [0.2, 0.25) is 0 Å². The van der Waals surface area contributed by atoms with Crippen LogP contribution in [0.1, 0.15) is 0 Å². The van der Waals surface area contributed by atoms with Crippen LogP contribution < -0.4 is 20.0 Å². The first kappa shape index (κ1) is 18.4. The number of rotatable bonds is 3. The summed E-state index contributed by atoms with van der Waals surface area (Å²) in [4.78, 5) is 8.73. The fourth-order valence-electron chi connectivity index (χ4n) is 4.09. The van der Waals surface area contributed by atoms with Gasteiger partial charge in [-0.2, -0.15) is 0 Å². The number of aromatic amines is 1. The van der Waals surface area contributed by atoms with E-state index in [1.807, 2.05) is 22.8 Å². The zero-order chi connectivity index (χ0) is 20.7. The maximum atomic E-state index is 9.54. The van der Waals surface area contributed by atoms with E-state index in [0.717, 1.165) is 54.1 Å². The number of benzene rings is 2. The topological polar surface area (TPSA) is 86.7 Å². The minimum atomic E-state index is 0.225. The molecule has 30 heavy (non-hydrogen) atoms. The quantitative estimate of drug-likeness (QED) is 0.387. The van der Waals surface area contributed by atoms with E-state index in [1.54, 1.807) is 23.2 Å². The lowest BCUT2D eigenvalue weighted by Crippen LogP contribution is -3.12. The molecular weight excluding hydrogens is 376 g/mol.